The van der Waals surface area contributed by atoms with E-state index in [4.69, 9.17) is 0 Å². The summed E-state index contributed by atoms with van der Waals surface area (Å²) in [7, 11) is 0. The highest BCUT2D eigenvalue weighted by Gasteiger charge is 2.40. The van der Waals surface area contributed by atoms with E-state index in [1.54, 1.807) is 0 Å². The van der Waals surface area contributed by atoms with E-state index in [0.717, 1.165) is 6.42 Å². The van der Waals surface area contributed by atoms with Crippen molar-refractivity contribution in [3.05, 3.63) is 12.2 Å². The molecule has 0 spiro atoms. The molecule has 1 heteroatoms. The Hall–Kier alpha value is -0.590. The second kappa shape index (κ2) is 1.47. The average molecular weight is 122 g/mol. The third kappa shape index (κ3) is 0.521. The van der Waals surface area contributed by atoms with Gasteiger partial charge in [0.05, 0.1) is 0 Å². The van der Waals surface area contributed by atoms with Gasteiger partial charge in [0.15, 0.2) is 0 Å². The number of rotatable bonds is 0. The molecule has 0 N–H and O–H groups in total. The molecule has 1 saturated carbocycles. The fourth-order valence-corrected chi connectivity index (χ4v) is 1.86. The van der Waals surface area contributed by atoms with Gasteiger partial charge in [-0.25, -0.2) is 0 Å². The molecule has 2 aliphatic rings. The summed E-state index contributed by atoms with van der Waals surface area (Å²) in [4.78, 5) is 11.1. The highest BCUT2D eigenvalue weighted by Crippen LogP contribution is 2.39. The monoisotopic (exact) mass is 122 g/mol. The predicted octanol–water partition coefficient (Wildman–Crippen LogP) is 1.40. The first-order chi connectivity index (χ1) is 4.29. The first-order valence-corrected chi connectivity index (χ1v) is 3.51. The Morgan fingerprint density at radius 1 is 1.56 bits per heavy atom. The molecule has 3 atom stereocenters. The maximum atomic E-state index is 11.1. The molecular formula is C8H10O. The summed E-state index contributed by atoms with van der Waals surface area (Å²) in [6.45, 7) is 2.04. The average Bonchev–Trinajstić information content (AvgIpc) is 2.37. The maximum Gasteiger partial charge on any atom is 0.143 e. The zero-order chi connectivity index (χ0) is 6.43. The Bertz CT molecular complexity index is 181. The number of carbonyl (C=O) groups excluding carboxylic acids is 1. The molecule has 2 aliphatic carbocycles. The van der Waals surface area contributed by atoms with Crippen LogP contribution in [0.25, 0.3) is 0 Å². The van der Waals surface area contributed by atoms with E-state index in [-0.39, 0.29) is 0 Å². The summed E-state index contributed by atoms with van der Waals surface area (Å²) in [5, 5.41) is 0. The van der Waals surface area contributed by atoms with E-state index < -0.39 is 0 Å². The molecule has 0 unspecified atom stereocenters. The fraction of sp³-hybridized carbons (Fsp3) is 0.625. The van der Waals surface area contributed by atoms with E-state index in [2.05, 4.69) is 12.2 Å². The minimum atomic E-state index is 0.296. The number of Topliss-reactive ketones (excluding diaryl/α,β-unsaturated/α-hetero) is 1. The van der Waals surface area contributed by atoms with E-state index in [1.165, 1.54) is 0 Å². The van der Waals surface area contributed by atoms with Crippen LogP contribution in [0.1, 0.15) is 13.3 Å². The molecule has 0 radical (unpaired) electrons. The number of carbonyl (C=O) groups is 1. The van der Waals surface area contributed by atoms with E-state index in [0.29, 0.717) is 23.5 Å². The van der Waals surface area contributed by atoms with Gasteiger partial charge in [0.2, 0.25) is 0 Å². The number of fused-ring (bicyclic) bond motifs is 2. The molecule has 0 aromatic heterocycles. The Kier molecular flexibility index (Phi) is 0.850. The lowest BCUT2D eigenvalue weighted by atomic mass is 9.95. The van der Waals surface area contributed by atoms with Gasteiger partial charge in [-0.3, -0.25) is 4.79 Å². The fourth-order valence-electron chi connectivity index (χ4n) is 1.86. The van der Waals surface area contributed by atoms with Crippen LogP contribution in [0.3, 0.4) is 0 Å². The van der Waals surface area contributed by atoms with E-state index in [1.807, 2.05) is 6.92 Å². The van der Waals surface area contributed by atoms with Crippen molar-refractivity contribution in [2.24, 2.45) is 17.8 Å². The van der Waals surface area contributed by atoms with Crippen LogP contribution in [0.2, 0.25) is 0 Å². The van der Waals surface area contributed by atoms with Gasteiger partial charge in [0.1, 0.15) is 5.78 Å². The first-order valence-electron chi connectivity index (χ1n) is 3.51. The molecular weight excluding hydrogens is 112 g/mol. The molecule has 0 aliphatic heterocycles. The largest absolute Gasteiger partial charge is 0.299 e. The molecule has 0 heterocycles. The second-order valence-electron chi connectivity index (χ2n) is 3.08. The molecule has 1 nitrogen and oxygen atoms in total. The molecule has 0 aromatic carbocycles. The number of allylic oxidation sites excluding steroid dienone is 2. The van der Waals surface area contributed by atoms with Crippen LogP contribution in [-0.4, -0.2) is 5.78 Å². The Morgan fingerprint density at radius 2 is 2.33 bits per heavy atom. The summed E-state index contributed by atoms with van der Waals surface area (Å²) in [5.74, 6) is 1.66. The normalized spacial score (nSPS) is 46.8. The van der Waals surface area contributed by atoms with Gasteiger partial charge in [-0.15, -0.1) is 0 Å². The summed E-state index contributed by atoms with van der Waals surface area (Å²) < 4.78 is 0. The van der Waals surface area contributed by atoms with Crippen LogP contribution in [0.15, 0.2) is 12.2 Å². The molecule has 1 fully saturated rings. The summed E-state index contributed by atoms with van der Waals surface area (Å²) in [6.07, 6.45) is 5.35. The highest BCUT2D eigenvalue weighted by atomic mass is 16.1. The molecule has 0 saturated heterocycles. The molecule has 0 amide bonds. The maximum absolute atomic E-state index is 11.1. The minimum absolute atomic E-state index is 0.296. The molecule has 0 aromatic rings. The van der Waals surface area contributed by atoms with Crippen molar-refractivity contribution in [1.82, 2.24) is 0 Å². The lowest BCUT2D eigenvalue weighted by molar-refractivity contribution is -0.122. The smallest absolute Gasteiger partial charge is 0.143 e. The van der Waals surface area contributed by atoms with Crippen LogP contribution in [0.4, 0.5) is 0 Å². The van der Waals surface area contributed by atoms with Crippen molar-refractivity contribution in [2.45, 2.75) is 13.3 Å². The SMILES string of the molecule is C[C@@H]1C(=O)[C@@H]2C=C[C@H]1C2. The van der Waals surface area contributed by atoms with Crippen LogP contribution >= 0.6 is 0 Å². The Labute approximate surface area is 54.8 Å². The van der Waals surface area contributed by atoms with Crippen molar-refractivity contribution >= 4 is 5.78 Å². The Balaban J connectivity index is 2.36. The molecule has 9 heavy (non-hydrogen) atoms. The number of hydrogen-bond donors (Lipinski definition) is 0. The summed E-state index contributed by atoms with van der Waals surface area (Å²) in [5.41, 5.74) is 0. The van der Waals surface area contributed by atoms with Crippen molar-refractivity contribution in [2.75, 3.05) is 0 Å². The predicted molar refractivity (Wildman–Crippen MR) is 34.9 cm³/mol. The van der Waals surface area contributed by atoms with Gasteiger partial charge in [0, 0.05) is 11.8 Å². The van der Waals surface area contributed by atoms with Crippen molar-refractivity contribution in [3.63, 3.8) is 0 Å². The van der Waals surface area contributed by atoms with Crippen LogP contribution in [0, 0.1) is 17.8 Å². The molecule has 2 bridgehead atoms. The second-order valence-corrected chi connectivity index (χ2v) is 3.08. The topological polar surface area (TPSA) is 17.1 Å². The lowest BCUT2D eigenvalue weighted by Gasteiger charge is -2.08. The van der Waals surface area contributed by atoms with Gasteiger partial charge in [-0.1, -0.05) is 19.1 Å². The van der Waals surface area contributed by atoms with Gasteiger partial charge in [-0.05, 0) is 12.3 Å². The summed E-state index contributed by atoms with van der Waals surface area (Å²) in [6, 6.07) is 0. The van der Waals surface area contributed by atoms with E-state index in [9.17, 15) is 4.79 Å². The zero-order valence-electron chi connectivity index (χ0n) is 5.50. The standard InChI is InChI=1S/C8H10O/c1-5-6-2-3-7(4-6)8(5)9/h2-3,5-7H,4H2,1H3/t5-,6-,7+/m0/s1. The van der Waals surface area contributed by atoms with Gasteiger partial charge in [0.25, 0.3) is 0 Å². The van der Waals surface area contributed by atoms with E-state index >= 15 is 0 Å². The zero-order valence-corrected chi connectivity index (χ0v) is 5.50. The van der Waals surface area contributed by atoms with Crippen molar-refractivity contribution < 1.29 is 4.79 Å². The van der Waals surface area contributed by atoms with Crippen molar-refractivity contribution in [3.8, 4) is 0 Å². The first kappa shape index (κ1) is 5.21. The van der Waals surface area contributed by atoms with Crippen LogP contribution < -0.4 is 0 Å². The van der Waals surface area contributed by atoms with Gasteiger partial charge in [-0.2, -0.15) is 0 Å². The third-order valence-electron chi connectivity index (χ3n) is 2.57. The highest BCUT2D eigenvalue weighted by molar-refractivity contribution is 5.88. The minimum Gasteiger partial charge on any atom is -0.299 e. The van der Waals surface area contributed by atoms with Crippen molar-refractivity contribution in [1.29, 1.82) is 0 Å². The molecule has 2 rings (SSSR count). The van der Waals surface area contributed by atoms with Gasteiger partial charge >= 0.3 is 0 Å². The summed E-state index contributed by atoms with van der Waals surface area (Å²) >= 11 is 0. The lowest BCUT2D eigenvalue weighted by Crippen LogP contribution is -2.14. The van der Waals surface area contributed by atoms with Gasteiger partial charge < -0.3 is 0 Å². The van der Waals surface area contributed by atoms with Crippen LogP contribution in [0.5, 0.6) is 0 Å². The third-order valence-corrected chi connectivity index (χ3v) is 2.57. The quantitative estimate of drug-likeness (QED) is 0.444. The van der Waals surface area contributed by atoms with Crippen LogP contribution in [-0.2, 0) is 4.79 Å². The molecule has 48 valence electrons. The number of hydrogen-bond acceptors (Lipinski definition) is 1. The Morgan fingerprint density at radius 3 is 2.67 bits per heavy atom. The number of ketones is 1.